The second kappa shape index (κ2) is 5.60. The number of nitrogens with zero attached hydrogens (tertiary/aromatic N) is 2. The summed E-state index contributed by atoms with van der Waals surface area (Å²) in [7, 11) is 3.33. The maximum Gasteiger partial charge on any atom is 0.328 e. The number of pyridine rings is 1. The molecule has 1 N–H and O–H groups in total. The Hall–Kier alpha value is -2.30. The lowest BCUT2D eigenvalue weighted by Gasteiger charge is -2.25. The molecular weight excluding hydrogens is 266 g/mol. The SMILES string of the molecule is CNc1ccc2ccnc(N3CCCC3C(=O)OC)c2c1. The fourth-order valence-corrected chi connectivity index (χ4v) is 2.94. The number of hydrogen-bond donors (Lipinski definition) is 1. The summed E-state index contributed by atoms with van der Waals surface area (Å²) in [5, 5.41) is 5.32. The lowest BCUT2D eigenvalue weighted by molar-refractivity contribution is -0.141. The van der Waals surface area contributed by atoms with Gasteiger partial charge in [0.15, 0.2) is 0 Å². The highest BCUT2D eigenvalue weighted by Gasteiger charge is 2.33. The Morgan fingerprint density at radius 3 is 3.05 bits per heavy atom. The lowest BCUT2D eigenvalue weighted by Crippen LogP contribution is -2.37. The molecule has 0 spiro atoms. The van der Waals surface area contributed by atoms with Crippen LogP contribution in [0.25, 0.3) is 10.8 Å². The summed E-state index contributed by atoms with van der Waals surface area (Å²) in [4.78, 5) is 18.5. The molecule has 3 rings (SSSR count). The molecule has 1 aromatic carbocycles. The van der Waals surface area contributed by atoms with Crippen molar-refractivity contribution in [1.29, 1.82) is 0 Å². The van der Waals surface area contributed by atoms with Crippen LogP contribution < -0.4 is 10.2 Å². The van der Waals surface area contributed by atoms with Crippen LogP contribution in [0.5, 0.6) is 0 Å². The van der Waals surface area contributed by atoms with Crippen LogP contribution in [0.2, 0.25) is 0 Å². The number of nitrogens with one attached hydrogen (secondary N) is 1. The van der Waals surface area contributed by atoms with Crippen molar-refractivity contribution in [2.45, 2.75) is 18.9 Å². The van der Waals surface area contributed by atoms with Crippen LogP contribution in [-0.4, -0.2) is 37.7 Å². The molecule has 0 bridgehead atoms. The number of benzene rings is 1. The highest BCUT2D eigenvalue weighted by molar-refractivity contribution is 5.96. The van der Waals surface area contributed by atoms with Crippen molar-refractivity contribution in [3.63, 3.8) is 0 Å². The van der Waals surface area contributed by atoms with Gasteiger partial charge in [0.2, 0.25) is 0 Å². The summed E-state index contributed by atoms with van der Waals surface area (Å²) in [6.07, 6.45) is 3.59. The van der Waals surface area contributed by atoms with Gasteiger partial charge in [0, 0.05) is 30.9 Å². The van der Waals surface area contributed by atoms with Crippen molar-refractivity contribution in [2.24, 2.45) is 0 Å². The van der Waals surface area contributed by atoms with Crippen molar-refractivity contribution in [3.8, 4) is 0 Å². The molecule has 1 unspecified atom stereocenters. The Labute approximate surface area is 123 Å². The molecule has 110 valence electrons. The van der Waals surface area contributed by atoms with Gasteiger partial charge in [-0.2, -0.15) is 0 Å². The van der Waals surface area contributed by atoms with Crippen LogP contribution in [0, 0.1) is 0 Å². The van der Waals surface area contributed by atoms with Gasteiger partial charge in [0.1, 0.15) is 11.9 Å². The molecule has 2 heterocycles. The minimum absolute atomic E-state index is 0.184. The fraction of sp³-hybridized carbons (Fsp3) is 0.375. The number of carbonyl (C=O) groups excluding carboxylic acids is 1. The van der Waals surface area contributed by atoms with E-state index < -0.39 is 0 Å². The van der Waals surface area contributed by atoms with E-state index in [9.17, 15) is 4.79 Å². The molecule has 1 aliphatic heterocycles. The summed E-state index contributed by atoms with van der Waals surface area (Å²) in [6.45, 7) is 0.829. The third-order valence-electron chi connectivity index (χ3n) is 4.03. The first kappa shape index (κ1) is 13.7. The summed E-state index contributed by atoms with van der Waals surface area (Å²) in [5.74, 6) is 0.675. The van der Waals surface area contributed by atoms with Gasteiger partial charge in [-0.05, 0) is 36.4 Å². The molecule has 5 heteroatoms. The first-order valence-electron chi connectivity index (χ1n) is 7.15. The third kappa shape index (κ3) is 2.39. The molecule has 0 saturated carbocycles. The zero-order chi connectivity index (χ0) is 14.8. The molecule has 2 aromatic rings. The number of rotatable bonds is 3. The number of ether oxygens (including phenoxy) is 1. The van der Waals surface area contributed by atoms with Crippen molar-refractivity contribution >= 4 is 28.2 Å². The second-order valence-corrected chi connectivity index (χ2v) is 5.20. The van der Waals surface area contributed by atoms with E-state index >= 15 is 0 Å². The van der Waals surface area contributed by atoms with E-state index in [0.29, 0.717) is 0 Å². The maximum atomic E-state index is 12.0. The summed E-state index contributed by atoms with van der Waals surface area (Å²) in [5.41, 5.74) is 1.03. The van der Waals surface area contributed by atoms with E-state index in [2.05, 4.69) is 27.3 Å². The average molecular weight is 285 g/mol. The molecule has 0 amide bonds. The zero-order valence-electron chi connectivity index (χ0n) is 12.3. The van der Waals surface area contributed by atoms with Crippen molar-refractivity contribution in [3.05, 3.63) is 30.5 Å². The van der Waals surface area contributed by atoms with Gasteiger partial charge in [-0.15, -0.1) is 0 Å². The summed E-state index contributed by atoms with van der Waals surface area (Å²) in [6, 6.07) is 7.93. The monoisotopic (exact) mass is 285 g/mol. The number of aromatic nitrogens is 1. The van der Waals surface area contributed by atoms with Crippen molar-refractivity contribution in [1.82, 2.24) is 4.98 Å². The normalized spacial score (nSPS) is 18.0. The Kier molecular flexibility index (Phi) is 3.64. The standard InChI is InChI=1S/C16H19N3O2/c1-17-12-6-5-11-7-8-18-15(13(11)10-12)19-9-3-4-14(19)16(20)21-2/h5-8,10,14,17H,3-4,9H2,1-2H3. The van der Waals surface area contributed by atoms with Crippen LogP contribution >= 0.6 is 0 Å². The lowest BCUT2D eigenvalue weighted by atomic mass is 10.1. The van der Waals surface area contributed by atoms with Gasteiger partial charge in [0.25, 0.3) is 0 Å². The molecular formula is C16H19N3O2. The molecule has 1 aliphatic rings. The molecule has 21 heavy (non-hydrogen) atoms. The number of fused-ring (bicyclic) bond motifs is 1. The minimum Gasteiger partial charge on any atom is -0.467 e. The van der Waals surface area contributed by atoms with E-state index in [0.717, 1.165) is 41.7 Å². The predicted molar refractivity (Wildman–Crippen MR) is 83.7 cm³/mol. The van der Waals surface area contributed by atoms with Crippen LogP contribution in [-0.2, 0) is 9.53 Å². The van der Waals surface area contributed by atoms with Gasteiger partial charge in [-0.3, -0.25) is 0 Å². The fourth-order valence-electron chi connectivity index (χ4n) is 2.94. The van der Waals surface area contributed by atoms with Crippen molar-refractivity contribution < 1.29 is 9.53 Å². The van der Waals surface area contributed by atoms with Gasteiger partial charge in [0.05, 0.1) is 7.11 Å². The highest BCUT2D eigenvalue weighted by atomic mass is 16.5. The summed E-state index contributed by atoms with van der Waals surface area (Å²) < 4.78 is 4.92. The Balaban J connectivity index is 2.08. The van der Waals surface area contributed by atoms with E-state index in [1.807, 2.05) is 19.2 Å². The van der Waals surface area contributed by atoms with E-state index in [4.69, 9.17) is 4.74 Å². The smallest absolute Gasteiger partial charge is 0.328 e. The molecule has 1 aromatic heterocycles. The first-order chi connectivity index (χ1) is 10.2. The number of methoxy groups -OCH3 is 1. The molecule has 1 atom stereocenters. The Morgan fingerprint density at radius 1 is 1.43 bits per heavy atom. The number of anilines is 2. The Bertz CT molecular complexity index is 672. The summed E-state index contributed by atoms with van der Waals surface area (Å²) >= 11 is 0. The van der Waals surface area contributed by atoms with Crippen LogP contribution in [0.3, 0.4) is 0 Å². The van der Waals surface area contributed by atoms with Gasteiger partial charge >= 0.3 is 5.97 Å². The topological polar surface area (TPSA) is 54.5 Å². The van der Waals surface area contributed by atoms with Gasteiger partial charge in [-0.1, -0.05) is 6.07 Å². The predicted octanol–water partition coefficient (Wildman–Crippen LogP) is 2.42. The average Bonchev–Trinajstić information content (AvgIpc) is 3.02. The largest absolute Gasteiger partial charge is 0.467 e. The van der Waals surface area contributed by atoms with Crippen LogP contribution in [0.15, 0.2) is 30.5 Å². The number of esters is 1. The van der Waals surface area contributed by atoms with Crippen LogP contribution in [0.4, 0.5) is 11.5 Å². The first-order valence-corrected chi connectivity index (χ1v) is 7.15. The molecule has 5 nitrogen and oxygen atoms in total. The Morgan fingerprint density at radius 2 is 2.29 bits per heavy atom. The van der Waals surface area contributed by atoms with E-state index in [-0.39, 0.29) is 12.0 Å². The molecule has 0 radical (unpaired) electrons. The number of hydrogen-bond acceptors (Lipinski definition) is 5. The highest BCUT2D eigenvalue weighted by Crippen LogP contribution is 2.32. The molecule has 1 saturated heterocycles. The second-order valence-electron chi connectivity index (χ2n) is 5.20. The van der Waals surface area contributed by atoms with Crippen molar-refractivity contribution in [2.75, 3.05) is 30.9 Å². The molecule has 1 fully saturated rings. The number of carbonyl (C=O) groups is 1. The quantitative estimate of drug-likeness (QED) is 0.878. The van der Waals surface area contributed by atoms with Crippen LogP contribution in [0.1, 0.15) is 12.8 Å². The minimum atomic E-state index is -0.230. The van der Waals surface area contributed by atoms with Gasteiger partial charge < -0.3 is 15.0 Å². The van der Waals surface area contributed by atoms with Gasteiger partial charge in [-0.25, -0.2) is 9.78 Å². The third-order valence-corrected chi connectivity index (χ3v) is 4.03. The molecule has 0 aliphatic carbocycles. The van der Waals surface area contributed by atoms with E-state index in [1.54, 1.807) is 6.20 Å². The zero-order valence-corrected chi connectivity index (χ0v) is 12.3. The van der Waals surface area contributed by atoms with E-state index in [1.165, 1.54) is 7.11 Å². The maximum absolute atomic E-state index is 12.0.